The summed E-state index contributed by atoms with van der Waals surface area (Å²) in [6.07, 6.45) is -3.78. The molecule has 4 nitrogen and oxygen atoms in total. The summed E-state index contributed by atoms with van der Waals surface area (Å²) in [6.45, 7) is 0. The molecule has 0 fully saturated rings. The summed E-state index contributed by atoms with van der Waals surface area (Å²) < 4.78 is 68.6. The number of hydrogen-bond acceptors (Lipinski definition) is 4. The second-order valence-corrected chi connectivity index (χ2v) is 7.35. The molecule has 0 aliphatic carbocycles. The van der Waals surface area contributed by atoms with Crippen molar-refractivity contribution in [3.63, 3.8) is 0 Å². The molecule has 0 N–H and O–H groups in total. The van der Waals surface area contributed by atoms with Gasteiger partial charge in [-0.05, 0) is 11.6 Å². The quantitative estimate of drug-likeness (QED) is 0.687. The van der Waals surface area contributed by atoms with Gasteiger partial charge in [-0.25, -0.2) is 8.42 Å². The van der Waals surface area contributed by atoms with Gasteiger partial charge in [0.1, 0.15) is 5.69 Å². The van der Waals surface area contributed by atoms with Gasteiger partial charge in [-0.1, -0.05) is 53.7 Å². The molecule has 0 amide bonds. The molecule has 130 valence electrons. The Kier molecular flexibility index (Phi) is 4.16. The maximum absolute atomic E-state index is 13.3. The van der Waals surface area contributed by atoms with Gasteiger partial charge in [0, 0.05) is 11.8 Å². The highest BCUT2D eigenvalue weighted by molar-refractivity contribution is 7.90. The standard InChI is InChI=1S/C17H12F3NO3S/c1-25(22,23)13-10-6-5-9-12(13)15-14(11-7-3-2-4-8-11)16(24-21-15)17(18,19)20/h2-10H,1H3. The minimum Gasteiger partial charge on any atom is -0.350 e. The van der Waals surface area contributed by atoms with Crippen LogP contribution in [0, 0.1) is 0 Å². The van der Waals surface area contributed by atoms with Crippen LogP contribution in [0.25, 0.3) is 22.4 Å². The van der Waals surface area contributed by atoms with Crippen LogP contribution in [0.1, 0.15) is 5.76 Å². The third kappa shape index (κ3) is 3.30. The number of aromatic nitrogens is 1. The number of nitrogens with zero attached hydrogens (tertiary/aromatic N) is 1. The first-order valence-electron chi connectivity index (χ1n) is 7.11. The molecule has 3 aromatic rings. The number of sulfone groups is 1. The molecule has 0 spiro atoms. The molecule has 0 saturated carbocycles. The lowest BCUT2D eigenvalue weighted by atomic mass is 9.99. The highest BCUT2D eigenvalue weighted by Crippen LogP contribution is 2.43. The zero-order chi connectivity index (χ0) is 18.2. The molecule has 0 saturated heterocycles. The lowest BCUT2D eigenvalue weighted by Crippen LogP contribution is -2.05. The second-order valence-electron chi connectivity index (χ2n) is 5.37. The van der Waals surface area contributed by atoms with E-state index in [2.05, 4.69) is 9.68 Å². The van der Waals surface area contributed by atoms with E-state index < -0.39 is 21.8 Å². The van der Waals surface area contributed by atoms with Crippen LogP contribution in [0.15, 0.2) is 64.0 Å². The molecule has 0 aliphatic heterocycles. The molecule has 1 aromatic heterocycles. The van der Waals surface area contributed by atoms with Gasteiger partial charge in [-0.3, -0.25) is 0 Å². The smallest absolute Gasteiger partial charge is 0.350 e. The second kappa shape index (κ2) is 6.03. The van der Waals surface area contributed by atoms with Gasteiger partial charge in [0.2, 0.25) is 5.76 Å². The number of benzene rings is 2. The molecule has 1 heterocycles. The van der Waals surface area contributed by atoms with Crippen LogP contribution in [0.3, 0.4) is 0 Å². The van der Waals surface area contributed by atoms with Gasteiger partial charge < -0.3 is 4.52 Å². The Labute approximate surface area is 141 Å². The van der Waals surface area contributed by atoms with Crippen molar-refractivity contribution < 1.29 is 26.1 Å². The summed E-state index contributed by atoms with van der Waals surface area (Å²) in [6, 6.07) is 13.5. The lowest BCUT2D eigenvalue weighted by Gasteiger charge is -2.09. The van der Waals surface area contributed by atoms with E-state index in [1.165, 1.54) is 36.4 Å². The highest BCUT2D eigenvalue weighted by Gasteiger charge is 2.41. The van der Waals surface area contributed by atoms with Crippen LogP contribution < -0.4 is 0 Å². The van der Waals surface area contributed by atoms with Crippen molar-refractivity contribution >= 4 is 9.84 Å². The molecule has 2 aromatic carbocycles. The molecule has 25 heavy (non-hydrogen) atoms. The Balaban J connectivity index is 2.36. The fourth-order valence-corrected chi connectivity index (χ4v) is 3.42. The first kappa shape index (κ1) is 17.2. The molecule has 8 heteroatoms. The Bertz CT molecular complexity index is 1010. The van der Waals surface area contributed by atoms with Crippen LogP contribution in [0.2, 0.25) is 0 Å². The predicted octanol–water partition coefficient (Wildman–Crippen LogP) is 4.43. The van der Waals surface area contributed by atoms with Gasteiger partial charge in [0.25, 0.3) is 0 Å². The Morgan fingerprint density at radius 1 is 0.960 bits per heavy atom. The number of alkyl halides is 3. The van der Waals surface area contributed by atoms with Gasteiger partial charge in [-0.15, -0.1) is 0 Å². The van der Waals surface area contributed by atoms with Crippen molar-refractivity contribution in [3.05, 3.63) is 60.4 Å². The number of halogens is 3. The van der Waals surface area contributed by atoms with Crippen molar-refractivity contribution in [2.24, 2.45) is 0 Å². The van der Waals surface area contributed by atoms with E-state index in [4.69, 9.17) is 0 Å². The lowest BCUT2D eigenvalue weighted by molar-refractivity contribution is -0.154. The fourth-order valence-electron chi connectivity index (χ4n) is 2.53. The molecule has 0 bridgehead atoms. The van der Waals surface area contributed by atoms with Crippen molar-refractivity contribution in [3.8, 4) is 22.4 Å². The van der Waals surface area contributed by atoms with Crippen LogP contribution in [-0.2, 0) is 16.0 Å². The first-order chi connectivity index (χ1) is 11.7. The van der Waals surface area contributed by atoms with Crippen LogP contribution in [0.5, 0.6) is 0 Å². The predicted molar refractivity (Wildman–Crippen MR) is 85.5 cm³/mol. The summed E-state index contributed by atoms with van der Waals surface area (Å²) in [7, 11) is -3.67. The molecule has 0 atom stereocenters. The van der Waals surface area contributed by atoms with E-state index in [1.54, 1.807) is 18.2 Å². The fraction of sp³-hybridized carbons (Fsp3) is 0.118. The van der Waals surface area contributed by atoms with Crippen molar-refractivity contribution in [1.29, 1.82) is 0 Å². The molecule has 0 aliphatic rings. The van der Waals surface area contributed by atoms with Crippen LogP contribution >= 0.6 is 0 Å². The molecule has 0 unspecified atom stereocenters. The van der Waals surface area contributed by atoms with Gasteiger partial charge in [-0.2, -0.15) is 13.2 Å². The van der Waals surface area contributed by atoms with Crippen LogP contribution in [-0.4, -0.2) is 19.8 Å². The number of hydrogen-bond donors (Lipinski definition) is 0. The largest absolute Gasteiger partial charge is 0.453 e. The average Bonchev–Trinajstić information content (AvgIpc) is 3.00. The monoisotopic (exact) mass is 367 g/mol. The van der Waals surface area contributed by atoms with E-state index in [9.17, 15) is 21.6 Å². The Hall–Kier alpha value is -2.61. The van der Waals surface area contributed by atoms with Crippen molar-refractivity contribution in [2.75, 3.05) is 6.26 Å². The summed E-state index contributed by atoms with van der Waals surface area (Å²) in [5, 5.41) is 3.54. The average molecular weight is 367 g/mol. The minimum absolute atomic E-state index is 0.0584. The minimum atomic E-state index is -4.77. The maximum Gasteiger partial charge on any atom is 0.453 e. The Morgan fingerprint density at radius 2 is 1.56 bits per heavy atom. The molecular formula is C17H12F3NO3S. The normalized spacial score (nSPS) is 12.3. The zero-order valence-electron chi connectivity index (χ0n) is 12.9. The summed E-state index contributed by atoms with van der Waals surface area (Å²) in [5.41, 5.74) is -0.166. The zero-order valence-corrected chi connectivity index (χ0v) is 13.7. The third-order valence-electron chi connectivity index (χ3n) is 3.55. The summed E-state index contributed by atoms with van der Waals surface area (Å²) in [5.74, 6) is -1.27. The summed E-state index contributed by atoms with van der Waals surface area (Å²) >= 11 is 0. The Morgan fingerprint density at radius 3 is 2.16 bits per heavy atom. The molecule has 3 rings (SSSR count). The maximum atomic E-state index is 13.3. The van der Waals surface area contributed by atoms with Gasteiger partial charge >= 0.3 is 6.18 Å². The van der Waals surface area contributed by atoms with E-state index >= 15 is 0 Å². The van der Waals surface area contributed by atoms with Crippen molar-refractivity contribution in [2.45, 2.75) is 11.1 Å². The molecule has 0 radical (unpaired) electrons. The summed E-state index contributed by atoms with van der Waals surface area (Å²) in [4.78, 5) is -0.116. The van der Waals surface area contributed by atoms with Gasteiger partial charge in [0.15, 0.2) is 9.84 Å². The molecular weight excluding hydrogens is 355 g/mol. The van der Waals surface area contributed by atoms with Crippen LogP contribution in [0.4, 0.5) is 13.2 Å². The van der Waals surface area contributed by atoms with E-state index in [0.29, 0.717) is 0 Å². The van der Waals surface area contributed by atoms with E-state index in [0.717, 1.165) is 6.26 Å². The topological polar surface area (TPSA) is 60.2 Å². The highest BCUT2D eigenvalue weighted by atomic mass is 32.2. The van der Waals surface area contributed by atoms with E-state index in [-0.39, 0.29) is 27.3 Å². The SMILES string of the molecule is CS(=O)(=O)c1ccccc1-c1noc(C(F)(F)F)c1-c1ccccc1. The van der Waals surface area contributed by atoms with Crippen molar-refractivity contribution in [1.82, 2.24) is 5.16 Å². The van der Waals surface area contributed by atoms with E-state index in [1.807, 2.05) is 0 Å². The first-order valence-corrected chi connectivity index (χ1v) is 9.00. The third-order valence-corrected chi connectivity index (χ3v) is 4.71. The van der Waals surface area contributed by atoms with Gasteiger partial charge in [0.05, 0.1) is 10.5 Å². The number of rotatable bonds is 3.